The van der Waals surface area contributed by atoms with Crippen molar-refractivity contribution in [2.24, 2.45) is 0 Å². The molecule has 28 heavy (non-hydrogen) atoms. The highest BCUT2D eigenvalue weighted by molar-refractivity contribution is 6.62. The Morgan fingerprint density at radius 3 is 2.36 bits per heavy atom. The van der Waals surface area contributed by atoms with Crippen molar-refractivity contribution in [3.63, 3.8) is 0 Å². The summed E-state index contributed by atoms with van der Waals surface area (Å²) in [7, 11) is -0.588. The van der Waals surface area contributed by atoms with Gasteiger partial charge in [-0.3, -0.25) is 0 Å². The molecule has 154 valence electrons. The van der Waals surface area contributed by atoms with Crippen LogP contribution < -0.4 is 5.46 Å². The molecule has 5 nitrogen and oxygen atoms in total. The highest BCUT2D eigenvalue weighted by atomic mass is 19.1. The minimum Gasteiger partial charge on any atom is -0.444 e. The molecule has 2 fully saturated rings. The molecule has 1 aromatic carbocycles. The third kappa shape index (κ3) is 4.20. The Kier molecular flexibility index (Phi) is 5.30. The molecule has 0 saturated carbocycles. The molecular formula is C21H31BFNO4. The molecule has 1 amide bonds. The van der Waals surface area contributed by atoms with Crippen LogP contribution in [0.15, 0.2) is 18.2 Å². The van der Waals surface area contributed by atoms with E-state index in [4.69, 9.17) is 14.0 Å². The molecule has 7 heteroatoms. The summed E-state index contributed by atoms with van der Waals surface area (Å²) in [6.07, 6.45) is 0.371. The molecule has 0 spiro atoms. The minimum atomic E-state index is -0.588. The molecule has 1 unspecified atom stereocenters. The van der Waals surface area contributed by atoms with E-state index in [-0.39, 0.29) is 17.8 Å². The summed E-state index contributed by atoms with van der Waals surface area (Å²) in [5.41, 5.74) is -0.184. The van der Waals surface area contributed by atoms with Gasteiger partial charge in [0.1, 0.15) is 11.4 Å². The van der Waals surface area contributed by atoms with Gasteiger partial charge in [-0.2, -0.15) is 0 Å². The lowest BCUT2D eigenvalue weighted by Crippen LogP contribution is -2.41. The second-order valence-corrected chi connectivity index (χ2v) is 9.78. The fourth-order valence-corrected chi connectivity index (χ4v) is 3.51. The molecule has 2 saturated heterocycles. The van der Waals surface area contributed by atoms with Crippen LogP contribution in [0.2, 0.25) is 0 Å². The van der Waals surface area contributed by atoms with E-state index in [0.29, 0.717) is 30.5 Å². The predicted molar refractivity (Wildman–Crippen MR) is 107 cm³/mol. The lowest BCUT2D eigenvalue weighted by molar-refractivity contribution is 0.00578. The normalized spacial score (nSPS) is 23.9. The molecule has 0 N–H and O–H groups in total. The Morgan fingerprint density at radius 2 is 1.82 bits per heavy atom. The quantitative estimate of drug-likeness (QED) is 0.719. The number of amides is 1. The van der Waals surface area contributed by atoms with E-state index < -0.39 is 23.9 Å². The molecule has 3 rings (SSSR count). The van der Waals surface area contributed by atoms with Gasteiger partial charge in [0.2, 0.25) is 0 Å². The Bertz CT molecular complexity index is 743. The van der Waals surface area contributed by atoms with E-state index in [1.807, 2.05) is 54.5 Å². The average Bonchev–Trinajstić information content (AvgIpc) is 3.09. The smallest absolute Gasteiger partial charge is 0.444 e. The van der Waals surface area contributed by atoms with Gasteiger partial charge in [0.05, 0.1) is 11.2 Å². The van der Waals surface area contributed by atoms with Crippen molar-refractivity contribution in [2.45, 2.75) is 77.6 Å². The number of carbonyl (C=O) groups is 1. The number of ether oxygens (including phenoxy) is 1. The van der Waals surface area contributed by atoms with Crippen molar-refractivity contribution in [3.05, 3.63) is 29.6 Å². The monoisotopic (exact) mass is 391 g/mol. The summed E-state index contributed by atoms with van der Waals surface area (Å²) in [6.45, 7) is 14.4. The molecule has 2 aliphatic rings. The van der Waals surface area contributed by atoms with Crippen LogP contribution in [0, 0.1) is 5.82 Å². The SMILES string of the molecule is CC(C)(C)OC(=O)N1CCC(c2ccc(B3OC(C)(C)C(C)(C)O3)cc2F)C1. The molecule has 0 radical (unpaired) electrons. The number of rotatable bonds is 2. The molecule has 2 aliphatic heterocycles. The van der Waals surface area contributed by atoms with E-state index >= 15 is 0 Å². The molecule has 0 aliphatic carbocycles. The van der Waals surface area contributed by atoms with Gasteiger partial charge >= 0.3 is 13.2 Å². The van der Waals surface area contributed by atoms with Crippen LogP contribution in [0.3, 0.4) is 0 Å². The molecule has 1 aromatic rings. The lowest BCUT2D eigenvalue weighted by Gasteiger charge is -2.32. The summed E-state index contributed by atoms with van der Waals surface area (Å²) in [5, 5.41) is 0. The Balaban J connectivity index is 1.70. The van der Waals surface area contributed by atoms with E-state index in [1.54, 1.807) is 11.0 Å². The lowest BCUT2D eigenvalue weighted by atomic mass is 9.78. The summed E-state index contributed by atoms with van der Waals surface area (Å²) in [5.74, 6) is -0.330. The van der Waals surface area contributed by atoms with Gasteiger partial charge in [-0.25, -0.2) is 9.18 Å². The minimum absolute atomic E-state index is 0.0418. The van der Waals surface area contributed by atoms with E-state index in [0.717, 1.165) is 0 Å². The predicted octanol–water partition coefficient (Wildman–Crippen LogP) is 3.85. The van der Waals surface area contributed by atoms with E-state index in [1.165, 1.54) is 6.07 Å². The van der Waals surface area contributed by atoms with Gasteiger partial charge in [0.15, 0.2) is 0 Å². The van der Waals surface area contributed by atoms with Crippen LogP contribution in [0.4, 0.5) is 9.18 Å². The molecule has 2 heterocycles. The number of hydrogen-bond acceptors (Lipinski definition) is 4. The van der Waals surface area contributed by atoms with Crippen molar-refractivity contribution in [3.8, 4) is 0 Å². The molecule has 0 aromatic heterocycles. The first-order valence-electron chi connectivity index (χ1n) is 9.92. The zero-order valence-electron chi connectivity index (χ0n) is 18.0. The second-order valence-electron chi connectivity index (χ2n) is 9.78. The van der Waals surface area contributed by atoms with Crippen LogP contribution >= 0.6 is 0 Å². The largest absolute Gasteiger partial charge is 0.494 e. The Morgan fingerprint density at radius 1 is 1.21 bits per heavy atom. The van der Waals surface area contributed by atoms with Gasteiger partial charge < -0.3 is 18.9 Å². The first-order chi connectivity index (χ1) is 12.8. The maximum atomic E-state index is 14.9. The zero-order valence-corrected chi connectivity index (χ0v) is 18.0. The fraction of sp³-hybridized carbons (Fsp3) is 0.667. The Labute approximate surface area is 167 Å². The number of halogens is 1. The highest BCUT2D eigenvalue weighted by Crippen LogP contribution is 2.37. The maximum Gasteiger partial charge on any atom is 0.494 e. The topological polar surface area (TPSA) is 48.0 Å². The van der Waals surface area contributed by atoms with Gasteiger partial charge in [0.25, 0.3) is 0 Å². The van der Waals surface area contributed by atoms with Crippen LogP contribution in [0.1, 0.15) is 66.4 Å². The second kappa shape index (κ2) is 7.03. The summed E-state index contributed by atoms with van der Waals surface area (Å²) in [6, 6.07) is 5.14. The van der Waals surface area contributed by atoms with Crippen LogP contribution in [0.5, 0.6) is 0 Å². The van der Waals surface area contributed by atoms with Crippen LogP contribution in [-0.2, 0) is 14.0 Å². The maximum absolute atomic E-state index is 14.9. The van der Waals surface area contributed by atoms with E-state index in [9.17, 15) is 9.18 Å². The number of benzene rings is 1. The van der Waals surface area contributed by atoms with Gasteiger partial charge in [0, 0.05) is 19.0 Å². The third-order valence-electron chi connectivity index (χ3n) is 5.83. The van der Waals surface area contributed by atoms with E-state index in [2.05, 4.69) is 0 Å². The standard InChI is InChI=1S/C21H31BFNO4/c1-19(2,3)26-18(25)24-11-10-14(13-24)16-9-8-15(12-17(16)23)22-27-20(4,5)21(6,7)28-22/h8-9,12,14H,10-11,13H2,1-7H3. The van der Waals surface area contributed by atoms with Crippen molar-refractivity contribution >= 4 is 18.7 Å². The summed E-state index contributed by atoms with van der Waals surface area (Å²) < 4.78 is 32.3. The number of hydrogen-bond donors (Lipinski definition) is 0. The molecule has 1 atom stereocenters. The molecule has 0 bridgehead atoms. The highest BCUT2D eigenvalue weighted by Gasteiger charge is 2.51. The fourth-order valence-electron chi connectivity index (χ4n) is 3.51. The van der Waals surface area contributed by atoms with Gasteiger partial charge in [-0.15, -0.1) is 0 Å². The van der Waals surface area contributed by atoms with Crippen molar-refractivity contribution in [1.29, 1.82) is 0 Å². The first-order valence-corrected chi connectivity index (χ1v) is 9.92. The molecular weight excluding hydrogens is 360 g/mol. The average molecular weight is 391 g/mol. The first kappa shape index (κ1) is 21.1. The summed E-state index contributed by atoms with van der Waals surface area (Å²) in [4.78, 5) is 13.9. The summed E-state index contributed by atoms with van der Waals surface area (Å²) >= 11 is 0. The zero-order chi connectivity index (χ0) is 20.9. The number of nitrogens with zero attached hydrogens (tertiary/aromatic N) is 1. The van der Waals surface area contributed by atoms with Crippen molar-refractivity contribution < 1.29 is 23.2 Å². The number of likely N-dealkylation sites (tertiary alicyclic amines) is 1. The van der Waals surface area contributed by atoms with Crippen LogP contribution in [0.25, 0.3) is 0 Å². The van der Waals surface area contributed by atoms with Gasteiger partial charge in [-0.1, -0.05) is 12.1 Å². The van der Waals surface area contributed by atoms with Crippen molar-refractivity contribution in [2.75, 3.05) is 13.1 Å². The van der Waals surface area contributed by atoms with Crippen LogP contribution in [-0.4, -0.2) is 48.0 Å². The van der Waals surface area contributed by atoms with Crippen molar-refractivity contribution in [1.82, 2.24) is 4.90 Å². The third-order valence-corrected chi connectivity index (χ3v) is 5.83. The number of carbonyl (C=O) groups excluding carboxylic acids is 1. The Hall–Kier alpha value is -1.60. The van der Waals surface area contributed by atoms with Gasteiger partial charge in [-0.05, 0) is 72.0 Å².